The molecule has 0 spiro atoms. The zero-order valence-corrected chi connectivity index (χ0v) is 13.3. The van der Waals surface area contributed by atoms with Gasteiger partial charge in [0.15, 0.2) is 5.75 Å². The summed E-state index contributed by atoms with van der Waals surface area (Å²) < 4.78 is 12.8. The lowest BCUT2D eigenvalue weighted by Gasteiger charge is -2.21. The Morgan fingerprint density at radius 1 is 1.40 bits per heavy atom. The average Bonchev–Trinajstić information content (AvgIpc) is 2.84. The zero-order chi connectivity index (χ0) is 15.0. The van der Waals surface area contributed by atoms with E-state index in [0.717, 1.165) is 37.5 Å². The third kappa shape index (κ3) is 4.77. The molecule has 0 bridgehead atoms. The SMILES string of the molecule is CCCNC(COC)c1c(OC)cnn1CCN(C)C. The highest BCUT2D eigenvalue weighted by atomic mass is 16.5. The third-order valence-electron chi connectivity index (χ3n) is 3.13. The van der Waals surface area contributed by atoms with E-state index in [1.54, 1.807) is 20.4 Å². The first-order chi connectivity index (χ1) is 9.63. The van der Waals surface area contributed by atoms with E-state index >= 15 is 0 Å². The third-order valence-corrected chi connectivity index (χ3v) is 3.13. The van der Waals surface area contributed by atoms with E-state index in [0.29, 0.717) is 6.61 Å². The van der Waals surface area contributed by atoms with Gasteiger partial charge < -0.3 is 19.7 Å². The predicted octanol–water partition coefficient (Wildman–Crippen LogP) is 1.14. The van der Waals surface area contributed by atoms with Crippen molar-refractivity contribution in [2.45, 2.75) is 25.9 Å². The molecule has 1 aromatic rings. The van der Waals surface area contributed by atoms with Gasteiger partial charge in [0, 0.05) is 13.7 Å². The van der Waals surface area contributed by atoms with Crippen molar-refractivity contribution in [1.29, 1.82) is 0 Å². The van der Waals surface area contributed by atoms with Crippen LogP contribution in [0.3, 0.4) is 0 Å². The van der Waals surface area contributed by atoms with Gasteiger partial charge in [0.25, 0.3) is 0 Å². The first-order valence-electron chi connectivity index (χ1n) is 7.10. The van der Waals surface area contributed by atoms with Crippen LogP contribution in [-0.4, -0.2) is 62.7 Å². The van der Waals surface area contributed by atoms with Gasteiger partial charge in [-0.1, -0.05) is 6.92 Å². The molecule has 1 heterocycles. The molecule has 1 N–H and O–H groups in total. The Balaban J connectivity index is 2.93. The Labute approximate surface area is 122 Å². The van der Waals surface area contributed by atoms with Gasteiger partial charge in [-0.05, 0) is 27.1 Å². The quantitative estimate of drug-likeness (QED) is 0.698. The molecule has 0 aliphatic heterocycles. The smallest absolute Gasteiger partial charge is 0.161 e. The van der Waals surface area contributed by atoms with E-state index < -0.39 is 0 Å². The van der Waals surface area contributed by atoms with Crippen molar-refractivity contribution in [3.63, 3.8) is 0 Å². The molecule has 0 aliphatic rings. The Morgan fingerprint density at radius 2 is 2.15 bits per heavy atom. The van der Waals surface area contributed by atoms with Crippen LogP contribution in [0, 0.1) is 0 Å². The van der Waals surface area contributed by atoms with Crippen LogP contribution in [0.2, 0.25) is 0 Å². The molecule has 1 rings (SSSR count). The maximum Gasteiger partial charge on any atom is 0.161 e. The van der Waals surface area contributed by atoms with Crippen molar-refractivity contribution in [2.75, 3.05) is 48.0 Å². The Morgan fingerprint density at radius 3 is 2.70 bits per heavy atom. The number of ether oxygens (including phenoxy) is 2. The van der Waals surface area contributed by atoms with Gasteiger partial charge in [-0.25, -0.2) is 0 Å². The summed E-state index contributed by atoms with van der Waals surface area (Å²) in [5, 5.41) is 7.94. The minimum absolute atomic E-state index is 0.0968. The molecule has 0 amide bonds. The maximum absolute atomic E-state index is 5.45. The van der Waals surface area contributed by atoms with Crippen molar-refractivity contribution in [2.24, 2.45) is 0 Å². The first-order valence-corrected chi connectivity index (χ1v) is 7.10. The molecule has 0 aliphatic carbocycles. The predicted molar refractivity (Wildman–Crippen MR) is 80.2 cm³/mol. The monoisotopic (exact) mass is 284 g/mol. The molecule has 0 saturated carbocycles. The summed E-state index contributed by atoms with van der Waals surface area (Å²) in [5.41, 5.74) is 1.06. The fourth-order valence-corrected chi connectivity index (χ4v) is 2.08. The van der Waals surface area contributed by atoms with Crippen LogP contribution in [-0.2, 0) is 11.3 Å². The van der Waals surface area contributed by atoms with Gasteiger partial charge in [-0.2, -0.15) is 5.10 Å². The van der Waals surface area contributed by atoms with E-state index in [4.69, 9.17) is 9.47 Å². The van der Waals surface area contributed by atoms with E-state index in [1.165, 1.54) is 0 Å². The van der Waals surface area contributed by atoms with Gasteiger partial charge in [-0.15, -0.1) is 0 Å². The highest BCUT2D eigenvalue weighted by Crippen LogP contribution is 2.25. The summed E-state index contributed by atoms with van der Waals surface area (Å²) in [7, 11) is 7.51. The molecule has 0 saturated heterocycles. The van der Waals surface area contributed by atoms with Crippen LogP contribution in [0.25, 0.3) is 0 Å². The molecular weight excluding hydrogens is 256 g/mol. The van der Waals surface area contributed by atoms with Crippen molar-refractivity contribution in [3.8, 4) is 5.75 Å². The topological polar surface area (TPSA) is 51.5 Å². The van der Waals surface area contributed by atoms with Crippen LogP contribution in [0.1, 0.15) is 25.1 Å². The molecule has 1 atom stereocenters. The minimum atomic E-state index is 0.0968. The van der Waals surface area contributed by atoms with E-state index in [-0.39, 0.29) is 6.04 Å². The van der Waals surface area contributed by atoms with Crippen LogP contribution in [0.5, 0.6) is 5.75 Å². The summed E-state index contributed by atoms with van der Waals surface area (Å²) >= 11 is 0. The first kappa shape index (κ1) is 16.9. The minimum Gasteiger partial charge on any atom is -0.493 e. The fraction of sp³-hybridized carbons (Fsp3) is 0.786. The normalized spacial score (nSPS) is 12.9. The Hall–Kier alpha value is -1.11. The molecule has 0 radical (unpaired) electrons. The zero-order valence-electron chi connectivity index (χ0n) is 13.3. The largest absolute Gasteiger partial charge is 0.493 e. The van der Waals surface area contributed by atoms with Crippen LogP contribution >= 0.6 is 0 Å². The molecule has 1 unspecified atom stereocenters. The van der Waals surface area contributed by atoms with Crippen molar-refractivity contribution in [3.05, 3.63) is 11.9 Å². The molecule has 116 valence electrons. The molecule has 20 heavy (non-hydrogen) atoms. The fourth-order valence-electron chi connectivity index (χ4n) is 2.08. The van der Waals surface area contributed by atoms with Gasteiger partial charge >= 0.3 is 0 Å². The highest BCUT2D eigenvalue weighted by Gasteiger charge is 2.21. The summed E-state index contributed by atoms with van der Waals surface area (Å²) in [6.45, 7) is 5.46. The molecule has 0 aromatic carbocycles. The van der Waals surface area contributed by atoms with Crippen LogP contribution < -0.4 is 10.1 Å². The summed E-state index contributed by atoms with van der Waals surface area (Å²) in [5.74, 6) is 0.814. The number of nitrogens with zero attached hydrogens (tertiary/aromatic N) is 3. The van der Waals surface area contributed by atoms with Gasteiger partial charge in [0.05, 0.1) is 38.2 Å². The number of aromatic nitrogens is 2. The lowest BCUT2D eigenvalue weighted by molar-refractivity contribution is 0.161. The summed E-state index contributed by atoms with van der Waals surface area (Å²) in [6.07, 6.45) is 2.86. The maximum atomic E-state index is 5.45. The van der Waals surface area contributed by atoms with Crippen LogP contribution in [0.4, 0.5) is 0 Å². The number of hydrogen-bond acceptors (Lipinski definition) is 5. The van der Waals surface area contributed by atoms with E-state index in [2.05, 4.69) is 36.3 Å². The number of rotatable bonds is 10. The molecule has 0 fully saturated rings. The lowest BCUT2D eigenvalue weighted by atomic mass is 10.2. The number of methoxy groups -OCH3 is 2. The summed E-state index contributed by atoms with van der Waals surface area (Å²) in [6, 6.07) is 0.0968. The average molecular weight is 284 g/mol. The standard InChI is InChI=1S/C14H28N4O2/c1-6-7-15-12(11-19-4)14-13(20-5)10-16-18(14)9-8-17(2)3/h10,12,15H,6-9,11H2,1-5H3. The van der Waals surface area contributed by atoms with Crippen molar-refractivity contribution >= 4 is 0 Å². The van der Waals surface area contributed by atoms with Gasteiger partial charge in [0.1, 0.15) is 0 Å². The van der Waals surface area contributed by atoms with Crippen LogP contribution in [0.15, 0.2) is 6.20 Å². The van der Waals surface area contributed by atoms with Crippen molar-refractivity contribution < 1.29 is 9.47 Å². The molecule has 6 nitrogen and oxygen atoms in total. The Bertz CT molecular complexity index is 379. The van der Waals surface area contributed by atoms with Gasteiger partial charge in [-0.3, -0.25) is 4.68 Å². The van der Waals surface area contributed by atoms with Crippen molar-refractivity contribution in [1.82, 2.24) is 20.0 Å². The molecular formula is C14H28N4O2. The summed E-state index contributed by atoms with van der Waals surface area (Å²) in [4.78, 5) is 2.14. The number of likely N-dealkylation sites (N-methyl/N-ethyl adjacent to an activating group) is 1. The molecule has 6 heteroatoms. The second-order valence-corrected chi connectivity index (χ2v) is 5.09. The Kier molecular flexibility index (Phi) is 7.58. The second-order valence-electron chi connectivity index (χ2n) is 5.09. The van der Waals surface area contributed by atoms with Gasteiger partial charge in [0.2, 0.25) is 0 Å². The van der Waals surface area contributed by atoms with E-state index in [9.17, 15) is 0 Å². The second kappa shape index (κ2) is 8.94. The number of nitrogens with one attached hydrogen (secondary N) is 1. The highest BCUT2D eigenvalue weighted by molar-refractivity contribution is 5.28. The number of hydrogen-bond donors (Lipinski definition) is 1. The lowest BCUT2D eigenvalue weighted by Crippen LogP contribution is -2.30. The molecule has 1 aromatic heterocycles. The van der Waals surface area contributed by atoms with E-state index in [1.807, 2.05) is 4.68 Å².